The number of aliphatic imine (C=N–C) groups is 1. The minimum atomic E-state index is -4.77. The fourth-order valence-corrected chi connectivity index (χ4v) is 4.00. The second kappa shape index (κ2) is 7.90. The van der Waals surface area contributed by atoms with Gasteiger partial charge in [-0.15, -0.1) is 0 Å². The molecular formula is C19H11Cl2F3N4OS. The highest BCUT2D eigenvalue weighted by Gasteiger charge is 2.38. The number of aromatic nitrogens is 3. The molecule has 1 N–H and O–H groups in total. The predicted molar refractivity (Wildman–Crippen MR) is 112 cm³/mol. The quantitative estimate of drug-likeness (QED) is 0.387. The number of nitrogens with zero attached hydrogens (tertiary/aromatic N) is 3. The lowest BCUT2D eigenvalue weighted by molar-refractivity contribution is -0.141. The number of aromatic amines is 1. The van der Waals surface area contributed by atoms with Gasteiger partial charge in [-0.3, -0.25) is 14.9 Å². The van der Waals surface area contributed by atoms with E-state index in [4.69, 9.17) is 23.2 Å². The van der Waals surface area contributed by atoms with Crippen LogP contribution in [-0.4, -0.2) is 21.0 Å². The minimum Gasteiger partial charge on any atom is -0.288 e. The smallest absolute Gasteiger partial charge is 0.288 e. The number of alkyl halides is 3. The summed E-state index contributed by atoms with van der Waals surface area (Å²) in [6.45, 7) is 0.0277. The molecule has 2 aromatic heterocycles. The van der Waals surface area contributed by atoms with E-state index < -0.39 is 23.0 Å². The molecule has 0 bridgehead atoms. The van der Waals surface area contributed by atoms with Gasteiger partial charge in [0.15, 0.2) is 5.69 Å². The topological polar surface area (TPSA) is 63.0 Å². The Labute approximate surface area is 181 Å². The van der Waals surface area contributed by atoms with Crippen molar-refractivity contribution in [1.82, 2.24) is 14.8 Å². The first-order chi connectivity index (χ1) is 14.2. The van der Waals surface area contributed by atoms with Crippen LogP contribution in [-0.2, 0) is 12.7 Å². The van der Waals surface area contributed by atoms with Gasteiger partial charge in [-0.2, -0.15) is 17.9 Å². The molecule has 0 saturated heterocycles. The Morgan fingerprint density at radius 2 is 1.93 bits per heavy atom. The number of rotatable bonds is 4. The Balaban J connectivity index is 1.73. The Morgan fingerprint density at radius 3 is 2.63 bits per heavy atom. The number of hydrogen-bond acceptors (Lipinski definition) is 4. The lowest BCUT2D eigenvalue weighted by Crippen LogP contribution is -2.17. The van der Waals surface area contributed by atoms with E-state index in [1.807, 2.05) is 0 Å². The third-order valence-electron chi connectivity index (χ3n) is 4.16. The van der Waals surface area contributed by atoms with E-state index in [9.17, 15) is 18.0 Å². The normalized spacial score (nSPS) is 12.3. The van der Waals surface area contributed by atoms with Gasteiger partial charge in [-0.05, 0) is 29.8 Å². The van der Waals surface area contributed by atoms with E-state index in [2.05, 4.69) is 15.1 Å². The molecule has 154 valence electrons. The summed E-state index contributed by atoms with van der Waals surface area (Å²) >= 11 is 12.9. The highest BCUT2D eigenvalue weighted by Crippen LogP contribution is 2.30. The molecule has 11 heteroatoms. The highest BCUT2D eigenvalue weighted by molar-refractivity contribution is 7.20. The molecule has 0 radical (unpaired) electrons. The Bertz CT molecular complexity index is 1290. The molecule has 4 aromatic rings. The van der Waals surface area contributed by atoms with Crippen LogP contribution in [0, 0.1) is 0 Å². The Morgan fingerprint density at radius 1 is 1.17 bits per heavy atom. The molecule has 5 nitrogen and oxygen atoms in total. The standard InChI is InChI=1S/C19H11Cl2F3N4OS/c20-12-6-5-10(7-13(12)21)8-25-9-11-16(19(22,23)24)27-28(17(11)29)18-26-14-3-1-2-4-15(14)30-18/h1-7,9,27H,8H2. The summed E-state index contributed by atoms with van der Waals surface area (Å²) in [5, 5.41) is 2.90. The number of H-pyrrole nitrogens is 1. The second-order valence-electron chi connectivity index (χ2n) is 6.22. The lowest BCUT2D eigenvalue weighted by atomic mass is 10.2. The number of halogens is 5. The summed E-state index contributed by atoms with van der Waals surface area (Å²) in [5.74, 6) is 0. The van der Waals surface area contributed by atoms with Crippen molar-refractivity contribution in [2.24, 2.45) is 4.99 Å². The number of hydrogen-bond donors (Lipinski definition) is 1. The van der Waals surface area contributed by atoms with Crippen LogP contribution in [0.2, 0.25) is 10.0 Å². The Hall–Kier alpha value is -2.62. The second-order valence-corrected chi connectivity index (χ2v) is 8.04. The molecule has 0 aliphatic heterocycles. The van der Waals surface area contributed by atoms with Gasteiger partial charge in [-0.1, -0.05) is 52.7 Å². The minimum absolute atomic E-state index is 0.0277. The number of nitrogens with one attached hydrogen (secondary N) is 1. The van der Waals surface area contributed by atoms with Crippen LogP contribution >= 0.6 is 34.5 Å². The predicted octanol–water partition coefficient (Wildman–Crippen LogP) is 5.72. The summed E-state index contributed by atoms with van der Waals surface area (Å²) in [4.78, 5) is 21.0. The van der Waals surface area contributed by atoms with Crippen molar-refractivity contribution in [3.63, 3.8) is 0 Å². The summed E-state index contributed by atoms with van der Waals surface area (Å²) < 4.78 is 42.1. The average Bonchev–Trinajstić information content (AvgIpc) is 3.25. The van der Waals surface area contributed by atoms with Crippen molar-refractivity contribution in [2.75, 3.05) is 0 Å². The van der Waals surface area contributed by atoms with Crippen LogP contribution in [0.4, 0.5) is 13.2 Å². The van der Waals surface area contributed by atoms with E-state index in [-0.39, 0.29) is 11.7 Å². The Kier molecular flexibility index (Phi) is 5.44. The fraction of sp³-hybridized carbons (Fsp3) is 0.105. The first-order valence-corrected chi connectivity index (χ1v) is 10.0. The van der Waals surface area contributed by atoms with Crippen LogP contribution in [0.5, 0.6) is 0 Å². The number of para-hydroxylation sites is 1. The SMILES string of the molecule is O=c1c(C=NCc2ccc(Cl)c(Cl)c2)c(C(F)(F)F)[nH]n1-c1nc2ccccc2s1. The van der Waals surface area contributed by atoms with Gasteiger partial charge in [-0.25, -0.2) is 4.98 Å². The zero-order valence-electron chi connectivity index (χ0n) is 14.9. The summed E-state index contributed by atoms with van der Waals surface area (Å²) in [7, 11) is 0. The number of fused-ring (bicyclic) bond motifs is 1. The van der Waals surface area contributed by atoms with Crippen molar-refractivity contribution in [1.29, 1.82) is 0 Å². The lowest BCUT2D eigenvalue weighted by Gasteiger charge is -2.04. The number of thiazole rings is 1. The van der Waals surface area contributed by atoms with Gasteiger partial charge in [0.1, 0.15) is 0 Å². The molecule has 0 atom stereocenters. The van der Waals surface area contributed by atoms with Crippen molar-refractivity contribution >= 4 is 51.0 Å². The van der Waals surface area contributed by atoms with Crippen LogP contribution < -0.4 is 5.56 Å². The van der Waals surface area contributed by atoms with Gasteiger partial charge in [0.25, 0.3) is 5.56 Å². The molecule has 0 aliphatic carbocycles. The third kappa shape index (κ3) is 4.00. The van der Waals surface area contributed by atoms with Gasteiger partial charge < -0.3 is 0 Å². The summed E-state index contributed by atoms with van der Waals surface area (Å²) in [6, 6.07) is 11.8. The van der Waals surface area contributed by atoms with Crippen molar-refractivity contribution < 1.29 is 13.2 Å². The maximum atomic E-state index is 13.5. The third-order valence-corrected chi connectivity index (χ3v) is 5.92. The molecule has 2 aromatic carbocycles. The van der Waals surface area contributed by atoms with E-state index in [0.29, 0.717) is 21.1 Å². The van der Waals surface area contributed by atoms with Crippen LogP contribution in [0.1, 0.15) is 16.8 Å². The average molecular weight is 471 g/mol. The van der Waals surface area contributed by atoms with Crippen LogP contribution in [0.25, 0.3) is 15.3 Å². The maximum absolute atomic E-state index is 13.5. The van der Waals surface area contributed by atoms with E-state index in [0.717, 1.165) is 26.9 Å². The van der Waals surface area contributed by atoms with Crippen LogP contribution in [0.3, 0.4) is 0 Å². The molecule has 30 heavy (non-hydrogen) atoms. The first-order valence-electron chi connectivity index (χ1n) is 8.46. The summed E-state index contributed by atoms with van der Waals surface area (Å²) in [6.07, 6.45) is -3.86. The van der Waals surface area contributed by atoms with Crippen molar-refractivity contribution in [2.45, 2.75) is 12.7 Å². The molecular weight excluding hydrogens is 460 g/mol. The van der Waals surface area contributed by atoms with Crippen LogP contribution in [0.15, 0.2) is 52.3 Å². The van der Waals surface area contributed by atoms with Gasteiger partial charge >= 0.3 is 6.18 Å². The molecule has 2 heterocycles. The van der Waals surface area contributed by atoms with E-state index in [1.165, 1.54) is 0 Å². The molecule has 0 amide bonds. The monoisotopic (exact) mass is 470 g/mol. The molecule has 0 fully saturated rings. The molecule has 0 aliphatic rings. The first kappa shape index (κ1) is 20.6. The zero-order valence-corrected chi connectivity index (χ0v) is 17.2. The number of benzene rings is 2. The van der Waals surface area contributed by atoms with Crippen molar-refractivity contribution in [3.05, 3.63) is 79.7 Å². The van der Waals surface area contributed by atoms with Crippen molar-refractivity contribution in [3.8, 4) is 5.13 Å². The summed E-state index contributed by atoms with van der Waals surface area (Å²) in [5.41, 5.74) is -1.45. The highest BCUT2D eigenvalue weighted by atomic mass is 35.5. The van der Waals surface area contributed by atoms with Gasteiger partial charge in [0, 0.05) is 6.21 Å². The molecule has 0 unspecified atom stereocenters. The molecule has 4 rings (SSSR count). The molecule has 0 spiro atoms. The maximum Gasteiger partial charge on any atom is 0.433 e. The van der Waals surface area contributed by atoms with Gasteiger partial charge in [0.05, 0.1) is 32.4 Å². The zero-order chi connectivity index (χ0) is 21.5. The molecule has 0 saturated carbocycles. The van der Waals surface area contributed by atoms with Gasteiger partial charge in [0.2, 0.25) is 5.13 Å². The fourth-order valence-electron chi connectivity index (χ4n) is 2.76. The van der Waals surface area contributed by atoms with E-state index >= 15 is 0 Å². The largest absolute Gasteiger partial charge is 0.433 e. The van der Waals surface area contributed by atoms with E-state index in [1.54, 1.807) is 42.5 Å².